The van der Waals surface area contributed by atoms with Gasteiger partial charge in [0, 0.05) is 11.0 Å². The molecule has 2 amide bonds. The van der Waals surface area contributed by atoms with Gasteiger partial charge in [0.25, 0.3) is 0 Å². The van der Waals surface area contributed by atoms with Gasteiger partial charge >= 0.3 is 6.03 Å². The second-order valence-electron chi connectivity index (χ2n) is 4.03. The van der Waals surface area contributed by atoms with Gasteiger partial charge in [-0.15, -0.1) is 0 Å². The summed E-state index contributed by atoms with van der Waals surface area (Å²) < 4.78 is 0.964. The van der Waals surface area contributed by atoms with Crippen molar-refractivity contribution in [2.45, 2.75) is 6.54 Å². The Morgan fingerprint density at radius 3 is 2.40 bits per heavy atom. The zero-order valence-corrected chi connectivity index (χ0v) is 13.4. The maximum Gasteiger partial charge on any atom is 0.319 e. The summed E-state index contributed by atoms with van der Waals surface area (Å²) in [4.78, 5) is 11.8. The second kappa shape index (κ2) is 6.97. The van der Waals surface area contributed by atoms with E-state index in [0.29, 0.717) is 22.3 Å². The number of carbonyl (C=O) groups is 1. The second-order valence-corrected chi connectivity index (χ2v) is 5.76. The van der Waals surface area contributed by atoms with Crippen molar-refractivity contribution >= 4 is 50.9 Å². The molecule has 2 rings (SSSR count). The molecule has 3 nitrogen and oxygen atoms in total. The van der Waals surface area contributed by atoms with Gasteiger partial charge in [0.1, 0.15) is 0 Å². The minimum atomic E-state index is -0.361. The molecule has 0 aliphatic rings. The van der Waals surface area contributed by atoms with Crippen molar-refractivity contribution in [3.05, 3.63) is 62.5 Å². The molecule has 0 saturated heterocycles. The van der Waals surface area contributed by atoms with E-state index in [-0.39, 0.29) is 6.03 Å². The van der Waals surface area contributed by atoms with Gasteiger partial charge in [-0.05, 0) is 29.8 Å². The highest BCUT2D eigenvalue weighted by molar-refractivity contribution is 9.10. The molecule has 0 saturated carbocycles. The third kappa shape index (κ3) is 4.13. The molecule has 0 spiro atoms. The zero-order chi connectivity index (χ0) is 14.5. The molecule has 2 aromatic carbocycles. The number of para-hydroxylation sites is 1. The fraction of sp³-hybridized carbons (Fsp3) is 0.0714. The summed E-state index contributed by atoms with van der Waals surface area (Å²) in [6.45, 7) is 0.410. The predicted octanol–water partition coefficient (Wildman–Crippen LogP) is 5.08. The normalized spacial score (nSPS) is 10.2. The SMILES string of the molecule is O=C(NCc1cccc(Br)c1)Nc1c(Cl)cccc1Cl. The van der Waals surface area contributed by atoms with Crippen LogP contribution in [0.4, 0.5) is 10.5 Å². The fourth-order valence-electron chi connectivity index (χ4n) is 1.60. The summed E-state index contributed by atoms with van der Waals surface area (Å²) >= 11 is 15.3. The number of urea groups is 1. The lowest BCUT2D eigenvalue weighted by Gasteiger charge is -2.10. The summed E-state index contributed by atoms with van der Waals surface area (Å²) in [5.74, 6) is 0. The Bertz CT molecular complexity index is 614. The largest absolute Gasteiger partial charge is 0.334 e. The number of anilines is 1. The van der Waals surface area contributed by atoms with Crippen LogP contribution >= 0.6 is 39.1 Å². The summed E-state index contributed by atoms with van der Waals surface area (Å²) in [6, 6.07) is 12.4. The molecule has 2 aromatic rings. The van der Waals surface area contributed by atoms with Crippen LogP contribution in [0, 0.1) is 0 Å². The molecule has 0 aliphatic heterocycles. The third-order valence-electron chi connectivity index (χ3n) is 2.54. The minimum Gasteiger partial charge on any atom is -0.334 e. The highest BCUT2D eigenvalue weighted by Crippen LogP contribution is 2.29. The quantitative estimate of drug-likeness (QED) is 0.773. The van der Waals surface area contributed by atoms with Crippen molar-refractivity contribution in [3.8, 4) is 0 Å². The van der Waals surface area contributed by atoms with Gasteiger partial charge in [-0.25, -0.2) is 4.79 Å². The molecule has 2 N–H and O–H groups in total. The van der Waals surface area contributed by atoms with Crippen LogP contribution in [0.2, 0.25) is 10.0 Å². The number of halogens is 3. The van der Waals surface area contributed by atoms with E-state index in [0.717, 1.165) is 10.0 Å². The number of benzene rings is 2. The van der Waals surface area contributed by atoms with Gasteiger partial charge in [0.2, 0.25) is 0 Å². The summed E-state index contributed by atoms with van der Waals surface area (Å²) in [7, 11) is 0. The zero-order valence-electron chi connectivity index (χ0n) is 10.3. The Hall–Kier alpha value is -1.23. The highest BCUT2D eigenvalue weighted by Gasteiger charge is 2.09. The molecular formula is C14H11BrCl2N2O. The smallest absolute Gasteiger partial charge is 0.319 e. The lowest BCUT2D eigenvalue weighted by atomic mass is 10.2. The van der Waals surface area contributed by atoms with Gasteiger partial charge in [0.05, 0.1) is 15.7 Å². The summed E-state index contributed by atoms with van der Waals surface area (Å²) in [6.07, 6.45) is 0. The van der Waals surface area contributed by atoms with E-state index in [9.17, 15) is 4.79 Å². The number of rotatable bonds is 3. The van der Waals surface area contributed by atoms with Crippen LogP contribution in [0.3, 0.4) is 0 Å². The van der Waals surface area contributed by atoms with Crippen LogP contribution in [-0.4, -0.2) is 6.03 Å². The average Bonchev–Trinajstić information content (AvgIpc) is 2.41. The van der Waals surface area contributed by atoms with Crippen molar-refractivity contribution in [2.24, 2.45) is 0 Å². The first-order valence-corrected chi connectivity index (χ1v) is 7.34. The van der Waals surface area contributed by atoms with Crippen LogP contribution in [0.15, 0.2) is 46.9 Å². The molecule has 0 atom stereocenters. The highest BCUT2D eigenvalue weighted by atomic mass is 79.9. The Labute approximate surface area is 135 Å². The van der Waals surface area contributed by atoms with Crippen LogP contribution in [-0.2, 0) is 6.54 Å². The molecule has 0 bridgehead atoms. The fourth-order valence-corrected chi connectivity index (χ4v) is 2.54. The number of carbonyl (C=O) groups excluding carboxylic acids is 1. The molecule has 104 valence electrons. The Kier molecular flexibility index (Phi) is 5.29. The van der Waals surface area contributed by atoms with Crippen LogP contribution in [0.25, 0.3) is 0 Å². The van der Waals surface area contributed by atoms with E-state index < -0.39 is 0 Å². The van der Waals surface area contributed by atoms with Gasteiger partial charge in [-0.1, -0.05) is 57.3 Å². The molecule has 0 unspecified atom stereocenters. The maximum absolute atomic E-state index is 11.8. The maximum atomic E-state index is 11.8. The van der Waals surface area contributed by atoms with Crippen molar-refractivity contribution in [2.75, 3.05) is 5.32 Å². The predicted molar refractivity (Wildman–Crippen MR) is 86.5 cm³/mol. The summed E-state index contributed by atoms with van der Waals surface area (Å²) in [5.41, 5.74) is 1.39. The van der Waals surface area contributed by atoms with Crippen LogP contribution in [0.1, 0.15) is 5.56 Å². The van der Waals surface area contributed by atoms with E-state index in [4.69, 9.17) is 23.2 Å². The van der Waals surface area contributed by atoms with Crippen molar-refractivity contribution in [1.29, 1.82) is 0 Å². The van der Waals surface area contributed by atoms with Crippen molar-refractivity contribution in [3.63, 3.8) is 0 Å². The monoisotopic (exact) mass is 372 g/mol. The van der Waals surface area contributed by atoms with Crippen molar-refractivity contribution in [1.82, 2.24) is 5.32 Å². The molecule has 20 heavy (non-hydrogen) atoms. The Morgan fingerprint density at radius 2 is 1.75 bits per heavy atom. The molecule has 0 aliphatic carbocycles. The third-order valence-corrected chi connectivity index (χ3v) is 3.67. The van der Waals surface area contributed by atoms with E-state index in [2.05, 4.69) is 26.6 Å². The van der Waals surface area contributed by atoms with Gasteiger partial charge in [0.15, 0.2) is 0 Å². The van der Waals surface area contributed by atoms with E-state index in [1.54, 1.807) is 18.2 Å². The number of hydrogen-bond acceptors (Lipinski definition) is 1. The van der Waals surface area contributed by atoms with Gasteiger partial charge in [-0.2, -0.15) is 0 Å². The van der Waals surface area contributed by atoms with E-state index in [1.165, 1.54) is 0 Å². The first-order valence-electron chi connectivity index (χ1n) is 5.79. The number of amides is 2. The lowest BCUT2D eigenvalue weighted by molar-refractivity contribution is 0.251. The Morgan fingerprint density at radius 1 is 1.10 bits per heavy atom. The first-order chi connectivity index (χ1) is 9.56. The first kappa shape index (κ1) is 15.2. The lowest BCUT2D eigenvalue weighted by Crippen LogP contribution is -2.28. The van der Waals surface area contributed by atoms with Gasteiger partial charge in [-0.3, -0.25) is 0 Å². The molecule has 0 heterocycles. The molecule has 0 aromatic heterocycles. The van der Waals surface area contributed by atoms with Crippen LogP contribution in [0.5, 0.6) is 0 Å². The Balaban J connectivity index is 1.96. The molecule has 0 fully saturated rings. The summed E-state index contributed by atoms with van der Waals surface area (Å²) in [5, 5.41) is 6.18. The number of nitrogens with one attached hydrogen (secondary N) is 2. The minimum absolute atomic E-state index is 0.361. The molecule has 0 radical (unpaired) electrons. The van der Waals surface area contributed by atoms with Gasteiger partial charge < -0.3 is 10.6 Å². The van der Waals surface area contributed by atoms with Crippen molar-refractivity contribution < 1.29 is 4.79 Å². The van der Waals surface area contributed by atoms with E-state index in [1.807, 2.05) is 24.3 Å². The van der Waals surface area contributed by atoms with E-state index >= 15 is 0 Å². The number of hydrogen-bond donors (Lipinski definition) is 2. The molecule has 6 heteroatoms. The standard InChI is InChI=1S/C14H11BrCl2N2O/c15-10-4-1-3-9(7-10)8-18-14(20)19-13-11(16)5-2-6-12(13)17/h1-7H,8H2,(H2,18,19,20). The molecular weight excluding hydrogens is 363 g/mol. The topological polar surface area (TPSA) is 41.1 Å². The average molecular weight is 374 g/mol. The van der Waals surface area contributed by atoms with Crippen LogP contribution < -0.4 is 10.6 Å².